The minimum Gasteiger partial charge on any atom is -0.424 e. The Kier molecular flexibility index (Phi) is 3.28. The molecule has 4 fully saturated rings. The van der Waals surface area contributed by atoms with E-state index in [1.165, 1.54) is 19.3 Å². The topological polar surface area (TPSA) is 39.2 Å². The summed E-state index contributed by atoms with van der Waals surface area (Å²) >= 11 is 0. The maximum Gasteiger partial charge on any atom is 0.317 e. The molecule has 22 heavy (non-hydrogen) atoms. The Balaban J connectivity index is 1.58. The maximum atomic E-state index is 13.0. The fourth-order valence-corrected chi connectivity index (χ4v) is 5.51. The van der Waals surface area contributed by atoms with Crippen molar-refractivity contribution in [3.8, 4) is 5.75 Å². The van der Waals surface area contributed by atoms with Gasteiger partial charge in [0.05, 0.1) is 11.1 Å². The van der Waals surface area contributed by atoms with Crippen LogP contribution in [0.4, 0.5) is 0 Å². The zero-order chi connectivity index (χ0) is 15.3. The van der Waals surface area contributed by atoms with Gasteiger partial charge in [0.15, 0.2) is 5.75 Å². The molecule has 0 N–H and O–H groups in total. The van der Waals surface area contributed by atoms with Gasteiger partial charge in [-0.2, -0.15) is 0 Å². The average molecular weight is 299 g/mol. The molecule has 1 aromatic rings. The van der Waals surface area contributed by atoms with Gasteiger partial charge in [-0.1, -0.05) is 6.92 Å². The van der Waals surface area contributed by atoms with Crippen LogP contribution in [-0.4, -0.2) is 11.0 Å². The molecule has 1 aromatic heterocycles. The van der Waals surface area contributed by atoms with Gasteiger partial charge in [-0.25, -0.2) is 0 Å². The summed E-state index contributed by atoms with van der Waals surface area (Å²) in [6, 6.07) is 3.85. The molecule has 4 saturated carbocycles. The number of ether oxygens (including phenoxy) is 1. The molecule has 0 aliphatic heterocycles. The number of aryl methyl sites for hydroxylation is 2. The lowest BCUT2D eigenvalue weighted by molar-refractivity contribution is -0.161. The van der Waals surface area contributed by atoms with E-state index in [0.717, 1.165) is 54.8 Å². The van der Waals surface area contributed by atoms with Gasteiger partial charge in [0, 0.05) is 5.69 Å². The van der Waals surface area contributed by atoms with Crippen molar-refractivity contribution in [2.24, 2.45) is 23.2 Å². The van der Waals surface area contributed by atoms with Crippen LogP contribution in [-0.2, 0) is 11.2 Å². The van der Waals surface area contributed by atoms with Crippen LogP contribution in [0.1, 0.15) is 56.8 Å². The summed E-state index contributed by atoms with van der Waals surface area (Å²) in [7, 11) is 0. The molecular formula is C19H25NO2. The van der Waals surface area contributed by atoms with Crippen LogP contribution in [0.3, 0.4) is 0 Å². The van der Waals surface area contributed by atoms with Gasteiger partial charge in [0.1, 0.15) is 0 Å². The number of carbonyl (C=O) groups is 1. The van der Waals surface area contributed by atoms with E-state index in [-0.39, 0.29) is 11.4 Å². The molecule has 3 heteroatoms. The van der Waals surface area contributed by atoms with Crippen molar-refractivity contribution >= 4 is 5.97 Å². The first-order valence-corrected chi connectivity index (χ1v) is 8.77. The monoisotopic (exact) mass is 299 g/mol. The van der Waals surface area contributed by atoms with Crippen molar-refractivity contribution in [2.75, 3.05) is 0 Å². The van der Waals surface area contributed by atoms with Crippen LogP contribution < -0.4 is 4.74 Å². The Bertz CT molecular complexity index is 572. The highest BCUT2D eigenvalue weighted by molar-refractivity contribution is 5.80. The van der Waals surface area contributed by atoms with Gasteiger partial charge in [-0.05, 0) is 81.8 Å². The van der Waals surface area contributed by atoms with Gasteiger partial charge >= 0.3 is 5.97 Å². The van der Waals surface area contributed by atoms with Crippen molar-refractivity contribution in [3.63, 3.8) is 0 Å². The van der Waals surface area contributed by atoms with Crippen molar-refractivity contribution in [2.45, 2.75) is 58.8 Å². The summed E-state index contributed by atoms with van der Waals surface area (Å²) in [5.74, 6) is 2.99. The first-order chi connectivity index (χ1) is 10.6. The fraction of sp³-hybridized carbons (Fsp3) is 0.684. The predicted octanol–water partition coefficient (Wildman–Crippen LogP) is 4.07. The molecule has 1 heterocycles. The molecule has 0 amide bonds. The highest BCUT2D eigenvalue weighted by atomic mass is 16.5. The molecule has 0 saturated heterocycles. The van der Waals surface area contributed by atoms with Crippen LogP contribution in [0.25, 0.3) is 0 Å². The van der Waals surface area contributed by atoms with Crippen LogP contribution in [0.2, 0.25) is 0 Å². The maximum absolute atomic E-state index is 13.0. The minimum atomic E-state index is -0.190. The molecule has 3 nitrogen and oxygen atoms in total. The number of nitrogens with zero attached hydrogens (tertiary/aromatic N) is 1. The quantitative estimate of drug-likeness (QED) is 0.790. The fourth-order valence-electron chi connectivity index (χ4n) is 5.51. The SMILES string of the molecule is CCc1nc(C)ccc1OC(=O)C12CC3CC(CC(C3)C1)C2. The summed E-state index contributed by atoms with van der Waals surface area (Å²) in [6.45, 7) is 4.04. The predicted molar refractivity (Wildman–Crippen MR) is 84.6 cm³/mol. The second-order valence-corrected chi connectivity index (χ2v) is 7.84. The van der Waals surface area contributed by atoms with E-state index in [4.69, 9.17) is 4.74 Å². The third-order valence-electron chi connectivity index (χ3n) is 6.08. The molecule has 0 aromatic carbocycles. The van der Waals surface area contributed by atoms with Gasteiger partial charge < -0.3 is 4.74 Å². The normalized spacial score (nSPS) is 35.6. The zero-order valence-corrected chi connectivity index (χ0v) is 13.6. The molecule has 118 valence electrons. The van der Waals surface area contributed by atoms with Gasteiger partial charge in [0.25, 0.3) is 0 Å². The summed E-state index contributed by atoms with van der Waals surface area (Å²) in [6.07, 6.45) is 8.00. The second kappa shape index (κ2) is 5.07. The van der Waals surface area contributed by atoms with E-state index < -0.39 is 0 Å². The van der Waals surface area contributed by atoms with Gasteiger partial charge in [-0.15, -0.1) is 0 Å². The van der Waals surface area contributed by atoms with Crippen molar-refractivity contribution in [1.82, 2.24) is 4.98 Å². The zero-order valence-electron chi connectivity index (χ0n) is 13.6. The Morgan fingerprint density at radius 3 is 2.32 bits per heavy atom. The first-order valence-electron chi connectivity index (χ1n) is 8.77. The number of pyridine rings is 1. The number of hydrogen-bond acceptors (Lipinski definition) is 3. The smallest absolute Gasteiger partial charge is 0.317 e. The molecule has 5 rings (SSSR count). The van der Waals surface area contributed by atoms with Gasteiger partial charge in [-0.3, -0.25) is 9.78 Å². The van der Waals surface area contributed by atoms with Crippen LogP contribution in [0, 0.1) is 30.1 Å². The molecule has 0 unspecified atom stereocenters. The van der Waals surface area contributed by atoms with E-state index in [9.17, 15) is 4.79 Å². The number of esters is 1. The van der Waals surface area contributed by atoms with Crippen molar-refractivity contribution < 1.29 is 9.53 Å². The Labute approximate surface area is 132 Å². The summed E-state index contributed by atoms with van der Waals surface area (Å²) in [5.41, 5.74) is 1.69. The average Bonchev–Trinajstić information content (AvgIpc) is 2.47. The number of aromatic nitrogens is 1. The Hall–Kier alpha value is -1.38. The summed E-state index contributed by atoms with van der Waals surface area (Å²) in [5, 5.41) is 0. The Morgan fingerprint density at radius 2 is 1.77 bits per heavy atom. The summed E-state index contributed by atoms with van der Waals surface area (Å²) < 4.78 is 5.87. The Morgan fingerprint density at radius 1 is 1.18 bits per heavy atom. The van der Waals surface area contributed by atoms with Crippen molar-refractivity contribution in [3.05, 3.63) is 23.5 Å². The molecule has 0 spiro atoms. The molecule has 4 aliphatic carbocycles. The molecule has 4 aliphatic rings. The third kappa shape index (κ3) is 2.26. The lowest BCUT2D eigenvalue weighted by Gasteiger charge is -2.55. The number of carbonyl (C=O) groups excluding carboxylic acids is 1. The van der Waals surface area contributed by atoms with E-state index in [1.54, 1.807) is 0 Å². The van der Waals surface area contributed by atoms with Crippen LogP contribution >= 0.6 is 0 Å². The lowest BCUT2D eigenvalue weighted by atomic mass is 9.49. The van der Waals surface area contributed by atoms with E-state index in [1.807, 2.05) is 19.1 Å². The van der Waals surface area contributed by atoms with E-state index in [2.05, 4.69) is 11.9 Å². The van der Waals surface area contributed by atoms with E-state index >= 15 is 0 Å². The highest BCUT2D eigenvalue weighted by Crippen LogP contribution is 2.60. The largest absolute Gasteiger partial charge is 0.424 e. The van der Waals surface area contributed by atoms with E-state index in [0.29, 0.717) is 5.75 Å². The van der Waals surface area contributed by atoms with Crippen LogP contribution in [0.15, 0.2) is 12.1 Å². The second-order valence-electron chi connectivity index (χ2n) is 7.84. The number of rotatable bonds is 3. The molecule has 0 atom stereocenters. The molecule has 4 bridgehead atoms. The lowest BCUT2D eigenvalue weighted by Crippen LogP contribution is -2.51. The number of hydrogen-bond donors (Lipinski definition) is 0. The van der Waals surface area contributed by atoms with Gasteiger partial charge in [0.2, 0.25) is 0 Å². The molecular weight excluding hydrogens is 274 g/mol. The highest BCUT2D eigenvalue weighted by Gasteiger charge is 2.55. The minimum absolute atomic E-state index is 0.0203. The summed E-state index contributed by atoms with van der Waals surface area (Å²) in [4.78, 5) is 17.5. The van der Waals surface area contributed by atoms with Crippen molar-refractivity contribution in [1.29, 1.82) is 0 Å². The van der Waals surface area contributed by atoms with Crippen LogP contribution in [0.5, 0.6) is 5.75 Å². The third-order valence-corrected chi connectivity index (χ3v) is 6.08. The standard InChI is InChI=1S/C19H25NO2/c1-3-16-17(5-4-12(2)20-16)22-18(21)19-9-13-6-14(10-19)8-15(7-13)11-19/h4-5,13-15H,3,6-11H2,1-2H3. The molecule has 0 radical (unpaired) electrons. The first kappa shape index (κ1) is 14.2.